The van der Waals surface area contributed by atoms with Crippen molar-refractivity contribution in [2.75, 3.05) is 25.7 Å². The number of halogens is 2. The van der Waals surface area contributed by atoms with Gasteiger partial charge in [0.05, 0.1) is 25.2 Å². The molecule has 29 heavy (non-hydrogen) atoms. The van der Waals surface area contributed by atoms with E-state index in [0.717, 1.165) is 0 Å². The molecular weight excluding hydrogens is 401 g/mol. The van der Waals surface area contributed by atoms with Crippen LogP contribution in [0.1, 0.15) is 18.2 Å². The fourth-order valence-corrected chi connectivity index (χ4v) is 3.45. The Kier molecular flexibility index (Phi) is 5.10. The number of amides is 1. The first kappa shape index (κ1) is 19.2. The molecule has 7 nitrogen and oxygen atoms in total. The summed E-state index contributed by atoms with van der Waals surface area (Å²) in [7, 11) is 3.09. The van der Waals surface area contributed by atoms with E-state index in [0.29, 0.717) is 41.0 Å². The lowest BCUT2D eigenvalue weighted by Crippen LogP contribution is -2.24. The van der Waals surface area contributed by atoms with E-state index in [2.05, 4.69) is 10.1 Å². The molecule has 0 N–H and O–H groups in total. The number of hydrogen-bond acceptors (Lipinski definition) is 6. The third kappa shape index (κ3) is 3.63. The molecule has 1 fully saturated rings. The van der Waals surface area contributed by atoms with Crippen LogP contribution in [0.4, 0.5) is 10.1 Å². The molecule has 2 aromatic carbocycles. The van der Waals surface area contributed by atoms with Gasteiger partial charge in [-0.3, -0.25) is 4.79 Å². The van der Waals surface area contributed by atoms with E-state index in [1.54, 1.807) is 30.2 Å². The van der Waals surface area contributed by atoms with Gasteiger partial charge in [0, 0.05) is 30.3 Å². The second-order valence-electron chi connectivity index (χ2n) is 6.53. The first-order chi connectivity index (χ1) is 14.0. The third-order valence-electron chi connectivity index (χ3n) is 4.77. The number of anilines is 1. The minimum absolute atomic E-state index is 0.0236. The Morgan fingerprint density at radius 3 is 2.69 bits per heavy atom. The Hall–Kier alpha value is -3.13. The quantitative estimate of drug-likeness (QED) is 0.622. The predicted octanol–water partition coefficient (Wildman–Crippen LogP) is 4.07. The first-order valence-electron chi connectivity index (χ1n) is 8.81. The van der Waals surface area contributed by atoms with Crippen molar-refractivity contribution in [3.8, 4) is 22.9 Å². The van der Waals surface area contributed by atoms with Crippen molar-refractivity contribution in [1.29, 1.82) is 0 Å². The van der Waals surface area contributed by atoms with Gasteiger partial charge in [-0.15, -0.1) is 0 Å². The molecule has 0 bridgehead atoms. The monoisotopic (exact) mass is 417 g/mol. The summed E-state index contributed by atoms with van der Waals surface area (Å²) in [5.74, 6) is 0.912. The Morgan fingerprint density at radius 2 is 1.97 bits per heavy atom. The highest BCUT2D eigenvalue weighted by Crippen LogP contribution is 2.36. The number of carbonyl (C=O) groups is 1. The minimum Gasteiger partial charge on any atom is -0.493 e. The van der Waals surface area contributed by atoms with E-state index in [1.807, 2.05) is 0 Å². The molecule has 1 atom stereocenters. The zero-order valence-corrected chi connectivity index (χ0v) is 16.4. The van der Waals surface area contributed by atoms with Crippen molar-refractivity contribution >= 4 is 23.2 Å². The van der Waals surface area contributed by atoms with Gasteiger partial charge in [-0.1, -0.05) is 16.8 Å². The maximum absolute atomic E-state index is 13.4. The lowest BCUT2D eigenvalue weighted by atomic mass is 10.1. The number of methoxy groups -OCH3 is 2. The van der Waals surface area contributed by atoms with Crippen LogP contribution in [-0.4, -0.2) is 36.8 Å². The predicted molar refractivity (Wildman–Crippen MR) is 104 cm³/mol. The van der Waals surface area contributed by atoms with Gasteiger partial charge in [0.2, 0.25) is 17.6 Å². The summed E-state index contributed by atoms with van der Waals surface area (Å²) in [6, 6.07) is 9.48. The molecule has 1 aromatic heterocycles. The highest BCUT2D eigenvalue weighted by Gasteiger charge is 2.35. The molecule has 1 amide bonds. The number of nitrogens with zero attached hydrogens (tertiary/aromatic N) is 3. The van der Waals surface area contributed by atoms with E-state index in [4.69, 9.17) is 25.6 Å². The van der Waals surface area contributed by atoms with E-state index in [9.17, 15) is 9.18 Å². The molecule has 0 radical (unpaired) electrons. The number of benzene rings is 2. The van der Waals surface area contributed by atoms with Crippen LogP contribution in [0.5, 0.6) is 11.5 Å². The molecule has 4 rings (SSSR count). The smallest absolute Gasteiger partial charge is 0.232 e. The van der Waals surface area contributed by atoms with Crippen LogP contribution in [0.15, 0.2) is 40.9 Å². The van der Waals surface area contributed by atoms with E-state index < -0.39 is 5.82 Å². The SMILES string of the molecule is COc1ccc(N2CC(c3nc(-c4ccc(F)c(Cl)c4)no3)CC2=O)cc1OC. The Balaban J connectivity index is 1.55. The fourth-order valence-electron chi connectivity index (χ4n) is 3.27. The number of ether oxygens (including phenoxy) is 2. The average Bonchev–Trinajstić information content (AvgIpc) is 3.36. The summed E-state index contributed by atoms with van der Waals surface area (Å²) in [5, 5.41) is 3.92. The van der Waals surface area contributed by atoms with Crippen LogP contribution in [0.3, 0.4) is 0 Å². The molecular formula is C20H17ClFN3O4. The van der Waals surface area contributed by atoms with Crippen LogP contribution in [-0.2, 0) is 4.79 Å². The van der Waals surface area contributed by atoms with Crippen LogP contribution >= 0.6 is 11.6 Å². The van der Waals surface area contributed by atoms with Crippen molar-refractivity contribution in [1.82, 2.24) is 10.1 Å². The Bertz CT molecular complexity index is 1070. The van der Waals surface area contributed by atoms with Crippen molar-refractivity contribution in [2.45, 2.75) is 12.3 Å². The van der Waals surface area contributed by atoms with Crippen LogP contribution in [0.2, 0.25) is 5.02 Å². The second kappa shape index (κ2) is 7.71. The Morgan fingerprint density at radius 1 is 1.17 bits per heavy atom. The fraction of sp³-hybridized carbons (Fsp3) is 0.250. The standard InChI is InChI=1S/C20H17ClFN3O4/c1-27-16-6-4-13(9-17(16)28-2)25-10-12(8-18(25)26)20-23-19(24-29-20)11-3-5-15(22)14(21)7-11/h3-7,9,12H,8,10H2,1-2H3. The summed E-state index contributed by atoms with van der Waals surface area (Å²) in [4.78, 5) is 18.6. The lowest BCUT2D eigenvalue weighted by molar-refractivity contribution is -0.117. The van der Waals surface area contributed by atoms with E-state index >= 15 is 0 Å². The zero-order valence-electron chi connectivity index (χ0n) is 15.7. The largest absolute Gasteiger partial charge is 0.493 e. The summed E-state index contributed by atoms with van der Waals surface area (Å²) < 4.78 is 29.3. The van der Waals surface area contributed by atoms with Crippen molar-refractivity contribution in [2.24, 2.45) is 0 Å². The average molecular weight is 418 g/mol. The highest BCUT2D eigenvalue weighted by atomic mass is 35.5. The molecule has 1 unspecified atom stereocenters. The maximum atomic E-state index is 13.4. The van der Waals surface area contributed by atoms with Gasteiger partial charge < -0.3 is 18.9 Å². The molecule has 9 heteroatoms. The van der Waals surface area contributed by atoms with Crippen molar-refractivity contribution in [3.05, 3.63) is 53.1 Å². The highest BCUT2D eigenvalue weighted by molar-refractivity contribution is 6.31. The molecule has 150 valence electrons. The van der Waals surface area contributed by atoms with Gasteiger partial charge in [-0.25, -0.2) is 4.39 Å². The van der Waals surface area contributed by atoms with Crippen molar-refractivity contribution in [3.63, 3.8) is 0 Å². The number of carbonyl (C=O) groups excluding carboxylic acids is 1. The number of rotatable bonds is 5. The van der Waals surface area contributed by atoms with Crippen molar-refractivity contribution < 1.29 is 23.2 Å². The maximum Gasteiger partial charge on any atom is 0.232 e. The van der Waals surface area contributed by atoms with Gasteiger partial charge in [0.15, 0.2) is 11.5 Å². The lowest BCUT2D eigenvalue weighted by Gasteiger charge is -2.18. The molecule has 0 saturated carbocycles. The van der Waals surface area contributed by atoms with E-state index in [1.165, 1.54) is 25.3 Å². The molecule has 2 heterocycles. The topological polar surface area (TPSA) is 77.7 Å². The van der Waals surface area contributed by atoms with Gasteiger partial charge in [0.1, 0.15) is 5.82 Å². The summed E-state index contributed by atoms with van der Waals surface area (Å²) >= 11 is 5.82. The molecule has 3 aromatic rings. The van der Waals surface area contributed by atoms with E-state index in [-0.39, 0.29) is 23.3 Å². The van der Waals surface area contributed by atoms with Gasteiger partial charge >= 0.3 is 0 Å². The summed E-state index contributed by atoms with van der Waals surface area (Å²) in [6.45, 7) is 0.389. The van der Waals surface area contributed by atoms with Crippen LogP contribution in [0, 0.1) is 5.82 Å². The molecule has 0 spiro atoms. The molecule has 1 aliphatic heterocycles. The van der Waals surface area contributed by atoms with Crippen LogP contribution in [0.25, 0.3) is 11.4 Å². The third-order valence-corrected chi connectivity index (χ3v) is 5.06. The summed E-state index contributed by atoms with van der Waals surface area (Å²) in [6.07, 6.45) is 0.236. The van der Waals surface area contributed by atoms with Gasteiger partial charge in [-0.05, 0) is 30.3 Å². The first-order valence-corrected chi connectivity index (χ1v) is 9.19. The van der Waals surface area contributed by atoms with Gasteiger partial charge in [0.25, 0.3) is 0 Å². The molecule has 1 saturated heterocycles. The minimum atomic E-state index is -0.522. The number of aromatic nitrogens is 2. The molecule has 0 aliphatic carbocycles. The zero-order chi connectivity index (χ0) is 20.5. The second-order valence-corrected chi connectivity index (χ2v) is 6.94. The molecule has 1 aliphatic rings. The van der Waals surface area contributed by atoms with Gasteiger partial charge in [-0.2, -0.15) is 4.98 Å². The number of hydrogen-bond donors (Lipinski definition) is 0. The normalized spacial score (nSPS) is 16.3. The summed E-state index contributed by atoms with van der Waals surface area (Å²) in [5.41, 5.74) is 1.23. The van der Waals surface area contributed by atoms with Crippen LogP contribution < -0.4 is 14.4 Å². The Labute approximate surface area is 171 Å².